The fourth-order valence-electron chi connectivity index (χ4n) is 2.79. The van der Waals surface area contributed by atoms with Gasteiger partial charge in [0.05, 0.1) is 17.6 Å². The van der Waals surface area contributed by atoms with Crippen molar-refractivity contribution in [2.45, 2.75) is 52.4 Å². The van der Waals surface area contributed by atoms with Gasteiger partial charge in [-0.2, -0.15) is 5.10 Å². The summed E-state index contributed by atoms with van der Waals surface area (Å²) in [6.45, 7) is 16.3. The molecule has 0 radical (unpaired) electrons. The molecule has 2 aromatic rings. The molecular weight excluding hydrogens is 296 g/mol. The molecule has 4 nitrogen and oxygen atoms in total. The number of piperidine rings is 1. The summed E-state index contributed by atoms with van der Waals surface area (Å²) in [7, 11) is 0. The molecule has 3 rings (SSSR count). The Bertz CT molecular complexity index is 676. The number of aromatic nitrogens is 3. The Morgan fingerprint density at radius 2 is 1.92 bits per heavy atom. The van der Waals surface area contributed by atoms with E-state index in [9.17, 15) is 0 Å². The predicted molar refractivity (Wildman–Crippen MR) is 102 cm³/mol. The molecule has 1 aliphatic heterocycles. The molecule has 24 heavy (non-hydrogen) atoms. The summed E-state index contributed by atoms with van der Waals surface area (Å²) in [5.41, 5.74) is 4.07. The molecule has 0 aromatic carbocycles. The van der Waals surface area contributed by atoms with Gasteiger partial charge >= 0.3 is 0 Å². The van der Waals surface area contributed by atoms with Gasteiger partial charge in [0.2, 0.25) is 0 Å². The van der Waals surface area contributed by atoms with E-state index in [1.165, 1.54) is 12.8 Å². The highest BCUT2D eigenvalue weighted by Gasteiger charge is 2.21. The average Bonchev–Trinajstić information content (AvgIpc) is 3.04. The van der Waals surface area contributed by atoms with Crippen LogP contribution < -0.4 is 0 Å². The standard InChI is InChI=1S/C16H20N4.C4H10/c1-4-14-11-20-16(17-14)6-5-15(18-20)13-7-9-19(10-8-13)12(2)3;1-3-4-2/h4-6,11,13H,1-2,7-10H2,3H3;3-4H2,1-2H3. The second-order valence-electron chi connectivity index (χ2n) is 6.43. The van der Waals surface area contributed by atoms with Crippen LogP contribution in [0.25, 0.3) is 11.7 Å². The summed E-state index contributed by atoms with van der Waals surface area (Å²) >= 11 is 0. The van der Waals surface area contributed by atoms with E-state index in [-0.39, 0.29) is 0 Å². The lowest BCUT2D eigenvalue weighted by molar-refractivity contribution is 0.262. The predicted octanol–water partition coefficient (Wildman–Crippen LogP) is 4.89. The smallest absolute Gasteiger partial charge is 0.154 e. The van der Waals surface area contributed by atoms with E-state index in [4.69, 9.17) is 5.10 Å². The maximum absolute atomic E-state index is 4.70. The molecule has 0 bridgehead atoms. The first kappa shape index (κ1) is 18.2. The maximum atomic E-state index is 4.70. The Hall–Kier alpha value is -2.10. The topological polar surface area (TPSA) is 33.4 Å². The fourth-order valence-corrected chi connectivity index (χ4v) is 2.79. The van der Waals surface area contributed by atoms with Gasteiger partial charge in [-0.15, -0.1) is 0 Å². The summed E-state index contributed by atoms with van der Waals surface area (Å²) < 4.78 is 1.86. The zero-order chi connectivity index (χ0) is 17.5. The van der Waals surface area contributed by atoms with E-state index in [0.717, 1.165) is 48.7 Å². The van der Waals surface area contributed by atoms with Crippen molar-refractivity contribution >= 4 is 11.7 Å². The van der Waals surface area contributed by atoms with Crippen LogP contribution in [-0.4, -0.2) is 32.6 Å². The molecule has 0 saturated carbocycles. The van der Waals surface area contributed by atoms with Crippen molar-refractivity contribution in [1.82, 2.24) is 19.5 Å². The largest absolute Gasteiger partial charge is 0.375 e. The zero-order valence-corrected chi connectivity index (χ0v) is 15.3. The van der Waals surface area contributed by atoms with Crippen LogP contribution in [0.1, 0.15) is 63.8 Å². The quantitative estimate of drug-likeness (QED) is 0.802. The van der Waals surface area contributed by atoms with Crippen LogP contribution in [0, 0.1) is 0 Å². The van der Waals surface area contributed by atoms with Crippen molar-refractivity contribution in [3.05, 3.63) is 48.6 Å². The molecule has 0 N–H and O–H groups in total. The van der Waals surface area contributed by atoms with E-state index in [0.29, 0.717) is 5.92 Å². The number of fused-ring (bicyclic) bond motifs is 1. The van der Waals surface area contributed by atoms with Crippen molar-refractivity contribution in [3.8, 4) is 0 Å². The second-order valence-corrected chi connectivity index (χ2v) is 6.43. The highest BCUT2D eigenvalue weighted by molar-refractivity contribution is 5.49. The van der Waals surface area contributed by atoms with E-state index < -0.39 is 0 Å². The molecule has 1 fully saturated rings. The van der Waals surface area contributed by atoms with Crippen LogP contribution >= 0.6 is 0 Å². The van der Waals surface area contributed by atoms with E-state index in [1.54, 1.807) is 6.08 Å². The summed E-state index contributed by atoms with van der Waals surface area (Å²) in [5.74, 6) is 0.532. The second kappa shape index (κ2) is 8.67. The number of allylic oxidation sites excluding steroid dienone is 1. The van der Waals surface area contributed by atoms with Gasteiger partial charge in [-0.3, -0.25) is 0 Å². The molecule has 2 aromatic heterocycles. The fraction of sp³-hybridized carbons (Fsp3) is 0.500. The zero-order valence-electron chi connectivity index (χ0n) is 15.3. The Balaban J connectivity index is 0.000000471. The molecular formula is C20H30N4. The number of imidazole rings is 1. The van der Waals surface area contributed by atoms with Crippen molar-refractivity contribution < 1.29 is 0 Å². The van der Waals surface area contributed by atoms with Crippen molar-refractivity contribution in [3.63, 3.8) is 0 Å². The van der Waals surface area contributed by atoms with E-state index in [1.807, 2.05) is 16.8 Å². The molecule has 1 aliphatic rings. The van der Waals surface area contributed by atoms with Gasteiger partial charge < -0.3 is 4.90 Å². The van der Waals surface area contributed by atoms with Crippen molar-refractivity contribution in [2.75, 3.05) is 13.1 Å². The minimum Gasteiger partial charge on any atom is -0.375 e. The van der Waals surface area contributed by atoms with Crippen LogP contribution in [-0.2, 0) is 0 Å². The number of hydrogen-bond donors (Lipinski definition) is 0. The summed E-state index contributed by atoms with van der Waals surface area (Å²) in [6, 6.07) is 4.15. The normalized spacial score (nSPS) is 15.0. The lowest BCUT2D eigenvalue weighted by atomic mass is 9.93. The first-order chi connectivity index (χ1) is 11.6. The van der Waals surface area contributed by atoms with Crippen LogP contribution in [0.15, 0.2) is 37.2 Å². The van der Waals surface area contributed by atoms with Gasteiger partial charge in [0.15, 0.2) is 5.65 Å². The van der Waals surface area contributed by atoms with Crippen LogP contribution in [0.3, 0.4) is 0 Å². The maximum Gasteiger partial charge on any atom is 0.154 e. The molecule has 0 spiro atoms. The minimum absolute atomic E-state index is 0.532. The van der Waals surface area contributed by atoms with Gasteiger partial charge in [0.1, 0.15) is 0 Å². The lowest BCUT2D eigenvalue weighted by Crippen LogP contribution is -2.31. The highest BCUT2D eigenvalue weighted by atomic mass is 15.3. The Morgan fingerprint density at radius 3 is 2.46 bits per heavy atom. The van der Waals surface area contributed by atoms with Crippen LogP contribution in [0.2, 0.25) is 0 Å². The van der Waals surface area contributed by atoms with Gasteiger partial charge in [-0.1, -0.05) is 39.8 Å². The monoisotopic (exact) mass is 326 g/mol. The van der Waals surface area contributed by atoms with Gasteiger partial charge in [0, 0.05) is 24.7 Å². The Morgan fingerprint density at radius 1 is 1.25 bits per heavy atom. The molecule has 0 atom stereocenters. The summed E-state index contributed by atoms with van der Waals surface area (Å²) in [5, 5.41) is 4.70. The minimum atomic E-state index is 0.532. The lowest BCUT2D eigenvalue weighted by Gasteiger charge is -2.33. The molecule has 4 heteroatoms. The molecule has 0 amide bonds. The summed E-state index contributed by atoms with van der Waals surface area (Å²) in [6.07, 6.45) is 8.58. The Labute approximate surface area is 145 Å². The molecule has 0 unspecified atom stereocenters. The molecule has 130 valence electrons. The first-order valence-corrected chi connectivity index (χ1v) is 8.98. The third-order valence-electron chi connectivity index (χ3n) is 4.52. The SMILES string of the molecule is C=Cc1cn2nc(C3CCN(C(=C)C)CC3)ccc2n1.CCCC. The summed E-state index contributed by atoms with van der Waals surface area (Å²) in [4.78, 5) is 6.76. The van der Waals surface area contributed by atoms with Crippen LogP contribution in [0.5, 0.6) is 0 Å². The van der Waals surface area contributed by atoms with E-state index in [2.05, 4.69) is 49.9 Å². The van der Waals surface area contributed by atoms with Crippen molar-refractivity contribution in [2.24, 2.45) is 0 Å². The molecule has 3 heterocycles. The molecule has 1 saturated heterocycles. The number of rotatable bonds is 4. The number of likely N-dealkylation sites (tertiary alicyclic amines) is 1. The number of hydrogen-bond acceptors (Lipinski definition) is 3. The van der Waals surface area contributed by atoms with Gasteiger partial charge in [-0.25, -0.2) is 9.50 Å². The van der Waals surface area contributed by atoms with Crippen LogP contribution in [0.4, 0.5) is 0 Å². The Kier molecular flexibility index (Phi) is 6.59. The third-order valence-corrected chi connectivity index (χ3v) is 4.52. The third kappa shape index (κ3) is 4.47. The van der Waals surface area contributed by atoms with E-state index >= 15 is 0 Å². The number of nitrogens with zero attached hydrogens (tertiary/aromatic N) is 4. The van der Waals surface area contributed by atoms with Gasteiger partial charge in [-0.05, 0) is 38.0 Å². The molecule has 0 aliphatic carbocycles. The van der Waals surface area contributed by atoms with Crippen molar-refractivity contribution in [1.29, 1.82) is 0 Å². The average molecular weight is 326 g/mol. The highest BCUT2D eigenvalue weighted by Crippen LogP contribution is 2.28. The first-order valence-electron chi connectivity index (χ1n) is 8.98. The number of unbranched alkanes of at least 4 members (excludes halogenated alkanes) is 1. The van der Waals surface area contributed by atoms with Gasteiger partial charge in [0.25, 0.3) is 0 Å².